The van der Waals surface area contributed by atoms with Crippen LogP contribution in [0.15, 0.2) is 42.7 Å². The van der Waals surface area contributed by atoms with E-state index in [0.29, 0.717) is 47.2 Å². The van der Waals surface area contributed by atoms with Crippen molar-refractivity contribution in [1.82, 2.24) is 9.97 Å². The van der Waals surface area contributed by atoms with E-state index >= 15 is 0 Å². The molecule has 0 amide bonds. The monoisotopic (exact) mass is 435 g/mol. The molecule has 1 fully saturated rings. The standard InChI is InChI=1S/C21H17ClF3N3O2/c22-15-8-13(7-14(9-15)21(23,24)25)16-4-1-5-17-18(16)19(27-11-26-17)28-6-2-3-12(10-28)20(29)30/h1,4-5,7-9,11-12H,2-3,6,10H2,(H,29,30). The predicted octanol–water partition coefficient (Wildman–Crippen LogP) is 5.27. The van der Waals surface area contributed by atoms with Crippen molar-refractivity contribution in [3.63, 3.8) is 0 Å². The molecule has 1 aliphatic heterocycles. The van der Waals surface area contributed by atoms with Gasteiger partial charge in [-0.25, -0.2) is 9.97 Å². The molecule has 4 rings (SSSR count). The first kappa shape index (κ1) is 20.4. The molecule has 9 heteroatoms. The van der Waals surface area contributed by atoms with Crippen LogP contribution in [0.5, 0.6) is 0 Å². The molecule has 1 unspecified atom stereocenters. The third-order valence-corrected chi connectivity index (χ3v) is 5.47. The van der Waals surface area contributed by atoms with Crippen LogP contribution in [0.4, 0.5) is 19.0 Å². The SMILES string of the molecule is O=C(O)C1CCCN(c2ncnc3cccc(-c4cc(Cl)cc(C(F)(F)F)c4)c23)C1. The Morgan fingerprint density at radius 3 is 2.73 bits per heavy atom. The Bertz CT molecular complexity index is 1120. The number of carboxylic acid groups (broad SMARTS) is 1. The van der Waals surface area contributed by atoms with Crippen LogP contribution in [0.3, 0.4) is 0 Å². The topological polar surface area (TPSA) is 66.3 Å². The molecule has 0 spiro atoms. The van der Waals surface area contributed by atoms with Crippen molar-refractivity contribution in [2.24, 2.45) is 5.92 Å². The average Bonchev–Trinajstić information content (AvgIpc) is 2.72. The summed E-state index contributed by atoms with van der Waals surface area (Å²) in [6.07, 6.45) is -1.90. The van der Waals surface area contributed by atoms with Crippen molar-refractivity contribution < 1.29 is 23.1 Å². The second kappa shape index (κ2) is 7.75. The molecule has 1 atom stereocenters. The highest BCUT2D eigenvalue weighted by atomic mass is 35.5. The highest BCUT2D eigenvalue weighted by Crippen LogP contribution is 2.39. The molecule has 2 heterocycles. The lowest BCUT2D eigenvalue weighted by Crippen LogP contribution is -2.39. The number of hydrogen-bond acceptors (Lipinski definition) is 4. The molecular weight excluding hydrogens is 419 g/mol. The summed E-state index contributed by atoms with van der Waals surface area (Å²) in [6.45, 7) is 0.882. The van der Waals surface area contributed by atoms with Crippen LogP contribution < -0.4 is 4.90 Å². The second-order valence-electron chi connectivity index (χ2n) is 7.25. The number of carboxylic acids is 1. The minimum atomic E-state index is -4.54. The zero-order chi connectivity index (χ0) is 21.5. The second-order valence-corrected chi connectivity index (χ2v) is 7.68. The normalized spacial score (nSPS) is 17.3. The molecule has 0 radical (unpaired) electrons. The number of carbonyl (C=O) groups is 1. The number of hydrogen-bond donors (Lipinski definition) is 1. The maximum absolute atomic E-state index is 13.3. The van der Waals surface area contributed by atoms with Crippen molar-refractivity contribution in [3.8, 4) is 11.1 Å². The summed E-state index contributed by atoms with van der Waals surface area (Å²) < 4.78 is 40.0. The van der Waals surface area contributed by atoms with Crippen molar-refractivity contribution in [2.45, 2.75) is 19.0 Å². The summed E-state index contributed by atoms with van der Waals surface area (Å²) in [6, 6.07) is 8.55. The van der Waals surface area contributed by atoms with Crippen molar-refractivity contribution in [3.05, 3.63) is 53.3 Å². The lowest BCUT2D eigenvalue weighted by atomic mass is 9.96. The number of nitrogens with zero attached hydrogens (tertiary/aromatic N) is 3. The van der Waals surface area contributed by atoms with Crippen LogP contribution in [0, 0.1) is 5.92 Å². The lowest BCUT2D eigenvalue weighted by Gasteiger charge is -2.32. The van der Waals surface area contributed by atoms with Crippen LogP contribution in [-0.2, 0) is 11.0 Å². The summed E-state index contributed by atoms with van der Waals surface area (Å²) >= 11 is 5.99. The Labute approximate surface area is 175 Å². The first-order valence-corrected chi connectivity index (χ1v) is 9.71. The minimum Gasteiger partial charge on any atom is -0.481 e. The molecule has 156 valence electrons. The van der Waals surface area contributed by atoms with Gasteiger partial charge in [-0.1, -0.05) is 23.7 Å². The number of piperidine rings is 1. The molecule has 30 heavy (non-hydrogen) atoms. The molecule has 0 saturated carbocycles. The van der Waals surface area contributed by atoms with E-state index < -0.39 is 23.6 Å². The van der Waals surface area contributed by atoms with Gasteiger partial charge in [0.15, 0.2) is 0 Å². The molecule has 2 aromatic carbocycles. The minimum absolute atomic E-state index is 0.0286. The van der Waals surface area contributed by atoms with Gasteiger partial charge in [-0.15, -0.1) is 0 Å². The molecule has 1 aliphatic rings. The van der Waals surface area contributed by atoms with Gasteiger partial charge in [0, 0.05) is 18.1 Å². The quantitative estimate of drug-likeness (QED) is 0.607. The number of fused-ring (bicyclic) bond motifs is 1. The Morgan fingerprint density at radius 2 is 2.00 bits per heavy atom. The van der Waals surface area contributed by atoms with E-state index in [1.165, 1.54) is 12.4 Å². The van der Waals surface area contributed by atoms with Gasteiger partial charge in [-0.05, 0) is 48.2 Å². The van der Waals surface area contributed by atoms with Gasteiger partial charge in [0.05, 0.1) is 22.4 Å². The summed E-state index contributed by atoms with van der Waals surface area (Å²) in [5, 5.41) is 9.95. The molecule has 0 aliphatic carbocycles. The Hall–Kier alpha value is -2.87. The molecule has 1 N–H and O–H groups in total. The number of aliphatic carboxylic acids is 1. The number of benzene rings is 2. The predicted molar refractivity (Wildman–Crippen MR) is 108 cm³/mol. The van der Waals surface area contributed by atoms with Crippen molar-refractivity contribution in [1.29, 1.82) is 0 Å². The van der Waals surface area contributed by atoms with E-state index in [4.69, 9.17) is 11.6 Å². The Kier molecular flexibility index (Phi) is 5.27. The number of alkyl halides is 3. The van der Waals surface area contributed by atoms with E-state index in [1.54, 1.807) is 18.2 Å². The fraction of sp³-hybridized carbons (Fsp3) is 0.286. The van der Waals surface area contributed by atoms with Crippen molar-refractivity contribution >= 4 is 34.3 Å². The molecule has 0 bridgehead atoms. The van der Waals surface area contributed by atoms with Crippen LogP contribution in [0.25, 0.3) is 22.0 Å². The van der Waals surface area contributed by atoms with Crippen molar-refractivity contribution in [2.75, 3.05) is 18.0 Å². The van der Waals surface area contributed by atoms with Crippen LogP contribution in [-0.4, -0.2) is 34.1 Å². The smallest absolute Gasteiger partial charge is 0.416 e. The third kappa shape index (κ3) is 3.92. The maximum atomic E-state index is 13.3. The molecule has 1 aromatic heterocycles. The van der Waals surface area contributed by atoms with Gasteiger partial charge < -0.3 is 10.0 Å². The van der Waals surface area contributed by atoms with Gasteiger partial charge in [0.2, 0.25) is 0 Å². The maximum Gasteiger partial charge on any atom is 0.416 e. The van der Waals surface area contributed by atoms with Gasteiger partial charge in [0.25, 0.3) is 0 Å². The number of halogens is 4. The first-order chi connectivity index (χ1) is 14.2. The summed E-state index contributed by atoms with van der Waals surface area (Å²) in [5.41, 5.74) is 0.518. The van der Waals surface area contributed by atoms with Gasteiger partial charge >= 0.3 is 12.1 Å². The van der Waals surface area contributed by atoms with Gasteiger partial charge in [0.1, 0.15) is 12.1 Å². The van der Waals surface area contributed by atoms with Crippen LogP contribution in [0.1, 0.15) is 18.4 Å². The zero-order valence-corrected chi connectivity index (χ0v) is 16.4. The van der Waals surface area contributed by atoms with Gasteiger partial charge in [-0.2, -0.15) is 13.2 Å². The summed E-state index contributed by atoms with van der Waals surface area (Å²) in [5.74, 6) is -0.892. The third-order valence-electron chi connectivity index (χ3n) is 5.25. The Balaban J connectivity index is 1.89. The molecule has 3 aromatic rings. The lowest BCUT2D eigenvalue weighted by molar-refractivity contribution is -0.142. The highest BCUT2D eigenvalue weighted by Gasteiger charge is 2.32. The van der Waals surface area contributed by atoms with E-state index in [9.17, 15) is 23.1 Å². The average molecular weight is 436 g/mol. The van der Waals surface area contributed by atoms with Crippen LogP contribution >= 0.6 is 11.6 Å². The first-order valence-electron chi connectivity index (χ1n) is 9.33. The number of rotatable bonds is 3. The summed E-state index contributed by atoms with van der Waals surface area (Å²) in [4.78, 5) is 22.0. The highest BCUT2D eigenvalue weighted by molar-refractivity contribution is 6.31. The molecule has 5 nitrogen and oxygen atoms in total. The van der Waals surface area contributed by atoms with E-state index in [1.807, 2.05) is 4.90 Å². The van der Waals surface area contributed by atoms with E-state index in [2.05, 4.69) is 9.97 Å². The molecule has 1 saturated heterocycles. The van der Waals surface area contributed by atoms with Gasteiger partial charge in [-0.3, -0.25) is 4.79 Å². The fourth-order valence-electron chi connectivity index (χ4n) is 3.85. The Morgan fingerprint density at radius 1 is 1.20 bits per heavy atom. The molecular formula is C21H17ClF3N3O2. The zero-order valence-electron chi connectivity index (χ0n) is 15.7. The number of anilines is 1. The number of aromatic nitrogens is 2. The van der Waals surface area contributed by atoms with Crippen LogP contribution in [0.2, 0.25) is 5.02 Å². The van der Waals surface area contributed by atoms with E-state index in [0.717, 1.165) is 12.1 Å². The fourth-order valence-corrected chi connectivity index (χ4v) is 4.09. The largest absolute Gasteiger partial charge is 0.481 e. The van der Waals surface area contributed by atoms with E-state index in [-0.39, 0.29) is 11.6 Å². The summed E-state index contributed by atoms with van der Waals surface area (Å²) in [7, 11) is 0.